The predicted octanol–water partition coefficient (Wildman–Crippen LogP) is 0.965. The molecule has 1 amide bonds. The minimum Gasteiger partial charge on any atom is -0.347 e. The summed E-state index contributed by atoms with van der Waals surface area (Å²) in [6.07, 6.45) is 3.25. The number of carbonyl (C=O) groups is 1. The van der Waals surface area contributed by atoms with Crippen LogP contribution in [0.1, 0.15) is 19.3 Å². The van der Waals surface area contributed by atoms with Crippen molar-refractivity contribution in [3.05, 3.63) is 23.2 Å². The molecule has 2 rings (SSSR count). The number of benzene rings is 1. The molecule has 0 bridgehead atoms. The van der Waals surface area contributed by atoms with Gasteiger partial charge in [0.25, 0.3) is 0 Å². The van der Waals surface area contributed by atoms with Crippen molar-refractivity contribution in [2.75, 3.05) is 40.0 Å². The van der Waals surface area contributed by atoms with Gasteiger partial charge in [-0.05, 0) is 44.0 Å². The van der Waals surface area contributed by atoms with Crippen LogP contribution in [0.15, 0.2) is 28.0 Å². The highest BCUT2D eigenvalue weighted by atomic mass is 35.5. The molecule has 0 aromatic heterocycles. The number of hydrogen-bond donors (Lipinski definition) is 1. The molecule has 1 aromatic carbocycles. The Hall–Kier alpha value is -1.20. The summed E-state index contributed by atoms with van der Waals surface area (Å²) in [7, 11) is -4.06. The van der Waals surface area contributed by atoms with Crippen LogP contribution < -0.4 is 4.72 Å². The van der Waals surface area contributed by atoms with Gasteiger partial charge in [-0.3, -0.25) is 9.69 Å². The fraction of sp³-hybridized carbons (Fsp3) is 0.588. The standard InChI is InChI=1S/C17H26ClN3O5S2/c1-20(2)17(22)15-6-4-10-21(15)11-5-9-19-28(25,26)16-12-13(27(3,23)24)7-8-14(16)18/h7-8,12,15,19H,4-6,9-11H2,1-3H3. The molecule has 1 unspecified atom stereocenters. The van der Waals surface area contributed by atoms with E-state index in [-0.39, 0.29) is 33.3 Å². The first-order valence-electron chi connectivity index (χ1n) is 8.88. The minimum absolute atomic E-state index is 0.0453. The molecule has 1 heterocycles. The second-order valence-corrected chi connectivity index (χ2v) is 11.2. The minimum atomic E-state index is -3.95. The lowest BCUT2D eigenvalue weighted by atomic mass is 10.2. The molecule has 1 saturated heterocycles. The Kier molecular flexibility index (Phi) is 7.49. The Bertz CT molecular complexity index is 932. The lowest BCUT2D eigenvalue weighted by Crippen LogP contribution is -2.43. The lowest BCUT2D eigenvalue weighted by molar-refractivity contribution is -0.133. The Morgan fingerprint density at radius 1 is 1.29 bits per heavy atom. The molecule has 1 N–H and O–H groups in total. The number of nitrogens with one attached hydrogen (secondary N) is 1. The molecule has 0 radical (unpaired) electrons. The summed E-state index contributed by atoms with van der Waals surface area (Å²) in [5.41, 5.74) is 0. The second kappa shape index (κ2) is 9.08. The van der Waals surface area contributed by atoms with E-state index >= 15 is 0 Å². The van der Waals surface area contributed by atoms with Crippen LogP contribution in [0.2, 0.25) is 5.02 Å². The highest BCUT2D eigenvalue weighted by molar-refractivity contribution is 7.91. The van der Waals surface area contributed by atoms with Gasteiger partial charge in [0.1, 0.15) is 4.90 Å². The van der Waals surface area contributed by atoms with Gasteiger partial charge in [-0.25, -0.2) is 21.6 Å². The first kappa shape index (κ1) is 23.1. The molecule has 1 atom stereocenters. The fourth-order valence-corrected chi connectivity index (χ4v) is 5.48. The van der Waals surface area contributed by atoms with Crippen molar-refractivity contribution in [3.8, 4) is 0 Å². The van der Waals surface area contributed by atoms with Crippen LogP contribution in [-0.2, 0) is 24.7 Å². The summed E-state index contributed by atoms with van der Waals surface area (Å²) in [4.78, 5) is 15.5. The molecule has 0 aliphatic carbocycles. The molecular weight excluding hydrogens is 426 g/mol. The average molecular weight is 452 g/mol. The van der Waals surface area contributed by atoms with Crippen LogP contribution in [0.5, 0.6) is 0 Å². The van der Waals surface area contributed by atoms with Crippen molar-refractivity contribution >= 4 is 37.4 Å². The third kappa shape index (κ3) is 5.66. The number of sulfonamides is 1. The molecule has 1 aliphatic rings. The largest absolute Gasteiger partial charge is 0.347 e. The monoisotopic (exact) mass is 451 g/mol. The number of hydrogen-bond acceptors (Lipinski definition) is 6. The first-order valence-corrected chi connectivity index (χ1v) is 12.6. The van der Waals surface area contributed by atoms with E-state index in [1.165, 1.54) is 12.1 Å². The van der Waals surface area contributed by atoms with Gasteiger partial charge in [-0.15, -0.1) is 0 Å². The SMILES string of the molecule is CN(C)C(=O)C1CCCN1CCCNS(=O)(=O)c1cc(S(C)(=O)=O)ccc1Cl. The van der Waals surface area contributed by atoms with E-state index in [1.807, 2.05) is 0 Å². The Balaban J connectivity index is 1.98. The predicted molar refractivity (Wildman–Crippen MR) is 108 cm³/mol. The number of likely N-dealkylation sites (tertiary alicyclic amines) is 1. The highest BCUT2D eigenvalue weighted by Crippen LogP contribution is 2.25. The maximum Gasteiger partial charge on any atom is 0.242 e. The molecule has 0 saturated carbocycles. The van der Waals surface area contributed by atoms with Crippen LogP contribution >= 0.6 is 11.6 Å². The number of halogens is 1. The van der Waals surface area contributed by atoms with Gasteiger partial charge in [0.15, 0.2) is 9.84 Å². The number of carbonyl (C=O) groups excluding carboxylic acids is 1. The van der Waals surface area contributed by atoms with E-state index in [4.69, 9.17) is 11.6 Å². The quantitative estimate of drug-likeness (QED) is 0.590. The molecule has 1 aromatic rings. The Morgan fingerprint density at radius 3 is 2.57 bits per heavy atom. The zero-order valence-electron chi connectivity index (χ0n) is 16.2. The van der Waals surface area contributed by atoms with Gasteiger partial charge < -0.3 is 4.90 Å². The van der Waals surface area contributed by atoms with Crippen molar-refractivity contribution in [2.45, 2.75) is 35.1 Å². The summed E-state index contributed by atoms with van der Waals surface area (Å²) in [5.74, 6) is 0.0578. The third-order valence-electron chi connectivity index (χ3n) is 4.62. The smallest absolute Gasteiger partial charge is 0.242 e. The summed E-state index contributed by atoms with van der Waals surface area (Å²) >= 11 is 5.97. The van der Waals surface area contributed by atoms with E-state index in [0.717, 1.165) is 31.7 Å². The van der Waals surface area contributed by atoms with Crippen LogP contribution in [0.4, 0.5) is 0 Å². The first-order chi connectivity index (χ1) is 12.9. The summed E-state index contributed by atoms with van der Waals surface area (Å²) < 4.78 is 50.8. The fourth-order valence-electron chi connectivity index (χ4n) is 3.16. The number of amides is 1. The van der Waals surface area contributed by atoms with Crippen molar-refractivity contribution in [3.63, 3.8) is 0 Å². The third-order valence-corrected chi connectivity index (χ3v) is 7.68. The van der Waals surface area contributed by atoms with E-state index in [2.05, 4.69) is 9.62 Å². The van der Waals surface area contributed by atoms with E-state index in [9.17, 15) is 21.6 Å². The molecule has 28 heavy (non-hydrogen) atoms. The molecule has 1 aliphatic heterocycles. The van der Waals surface area contributed by atoms with Crippen molar-refractivity contribution in [2.24, 2.45) is 0 Å². The summed E-state index contributed by atoms with van der Waals surface area (Å²) in [6.45, 7) is 1.55. The Morgan fingerprint density at radius 2 is 1.96 bits per heavy atom. The molecule has 1 fully saturated rings. The van der Waals surface area contributed by atoms with Crippen LogP contribution in [0.3, 0.4) is 0 Å². The van der Waals surface area contributed by atoms with E-state index in [0.29, 0.717) is 13.0 Å². The van der Waals surface area contributed by atoms with Crippen molar-refractivity contribution in [1.29, 1.82) is 0 Å². The number of likely N-dealkylation sites (N-methyl/N-ethyl adjacent to an activating group) is 1. The van der Waals surface area contributed by atoms with Gasteiger partial charge >= 0.3 is 0 Å². The topological polar surface area (TPSA) is 104 Å². The van der Waals surface area contributed by atoms with Crippen LogP contribution in [-0.4, -0.2) is 78.6 Å². The zero-order valence-corrected chi connectivity index (χ0v) is 18.6. The van der Waals surface area contributed by atoms with Crippen molar-refractivity contribution < 1.29 is 21.6 Å². The van der Waals surface area contributed by atoms with E-state index in [1.54, 1.807) is 19.0 Å². The van der Waals surface area contributed by atoms with Crippen molar-refractivity contribution in [1.82, 2.24) is 14.5 Å². The van der Waals surface area contributed by atoms with Crippen LogP contribution in [0, 0.1) is 0 Å². The normalized spacial score (nSPS) is 18.4. The zero-order chi connectivity index (χ0) is 21.1. The lowest BCUT2D eigenvalue weighted by Gasteiger charge is -2.26. The number of rotatable bonds is 8. The molecule has 11 heteroatoms. The second-order valence-electron chi connectivity index (χ2n) is 7.04. The summed E-state index contributed by atoms with van der Waals surface area (Å²) in [6, 6.07) is 3.43. The maximum atomic E-state index is 12.5. The highest BCUT2D eigenvalue weighted by Gasteiger charge is 2.31. The van der Waals surface area contributed by atoms with Gasteiger partial charge in [0.2, 0.25) is 15.9 Å². The molecule has 8 nitrogen and oxygen atoms in total. The molecule has 0 spiro atoms. The maximum absolute atomic E-state index is 12.5. The molecular formula is C17H26ClN3O5S2. The van der Waals surface area contributed by atoms with Gasteiger partial charge in [0, 0.05) is 33.4 Å². The number of nitrogens with zero attached hydrogens (tertiary/aromatic N) is 2. The Labute approximate surface area is 171 Å². The average Bonchev–Trinajstić information content (AvgIpc) is 3.05. The van der Waals surface area contributed by atoms with Gasteiger partial charge in [-0.2, -0.15) is 0 Å². The number of sulfone groups is 1. The van der Waals surface area contributed by atoms with Gasteiger partial charge in [-0.1, -0.05) is 11.6 Å². The van der Waals surface area contributed by atoms with Gasteiger partial charge in [0.05, 0.1) is 16.0 Å². The molecule has 158 valence electrons. The summed E-state index contributed by atoms with van der Waals surface area (Å²) in [5, 5.41) is -0.0453. The van der Waals surface area contributed by atoms with E-state index < -0.39 is 19.9 Å². The van der Waals surface area contributed by atoms with Crippen LogP contribution in [0.25, 0.3) is 0 Å².